The molecule has 1 atom stereocenters. The summed E-state index contributed by atoms with van der Waals surface area (Å²) in [6.07, 6.45) is 3.01. The Bertz CT molecular complexity index is 860. The van der Waals surface area contributed by atoms with Crippen LogP contribution < -0.4 is 5.32 Å². The van der Waals surface area contributed by atoms with Crippen molar-refractivity contribution in [1.82, 2.24) is 4.90 Å². The maximum Gasteiger partial charge on any atom is 0.254 e. The largest absolute Gasteiger partial charge is 0.368 e. The number of fused-ring (bicyclic) bond motifs is 1. The summed E-state index contributed by atoms with van der Waals surface area (Å²) in [6.45, 7) is 3.95. The molecule has 2 aliphatic heterocycles. The summed E-state index contributed by atoms with van der Waals surface area (Å²) in [4.78, 5) is 27.5. The van der Waals surface area contributed by atoms with E-state index in [9.17, 15) is 9.59 Å². The van der Waals surface area contributed by atoms with Crippen LogP contribution in [-0.2, 0) is 22.4 Å². The molecule has 2 heterocycles. The summed E-state index contributed by atoms with van der Waals surface area (Å²) in [6, 6.07) is 13.9. The van der Waals surface area contributed by atoms with Crippen molar-refractivity contribution in [3.8, 4) is 0 Å². The highest BCUT2D eigenvalue weighted by Crippen LogP contribution is 2.24. The zero-order chi connectivity index (χ0) is 19.5. The van der Waals surface area contributed by atoms with E-state index in [0.29, 0.717) is 30.9 Å². The van der Waals surface area contributed by atoms with Crippen LogP contribution in [0.25, 0.3) is 0 Å². The van der Waals surface area contributed by atoms with Crippen LogP contribution in [0.5, 0.6) is 0 Å². The topological polar surface area (TPSA) is 58.6 Å². The zero-order valence-electron chi connectivity index (χ0n) is 16.2. The molecule has 0 aliphatic carbocycles. The Labute approximate surface area is 165 Å². The lowest BCUT2D eigenvalue weighted by Crippen LogP contribution is -2.34. The fraction of sp³-hybridized carbons (Fsp3) is 0.391. The van der Waals surface area contributed by atoms with E-state index in [1.165, 1.54) is 11.1 Å². The van der Waals surface area contributed by atoms with Crippen LogP contribution in [-0.4, -0.2) is 42.5 Å². The van der Waals surface area contributed by atoms with E-state index in [1.807, 2.05) is 30.0 Å². The zero-order valence-corrected chi connectivity index (χ0v) is 16.2. The maximum atomic E-state index is 13.2. The van der Waals surface area contributed by atoms with E-state index in [1.54, 1.807) is 0 Å². The Morgan fingerprint density at radius 1 is 1.04 bits per heavy atom. The first-order valence-electron chi connectivity index (χ1n) is 10.0. The number of nitrogens with zero attached hydrogens (tertiary/aromatic N) is 1. The molecule has 1 fully saturated rings. The molecule has 5 nitrogen and oxygen atoms in total. The van der Waals surface area contributed by atoms with Gasteiger partial charge < -0.3 is 15.0 Å². The molecule has 1 unspecified atom stereocenters. The first-order chi connectivity index (χ1) is 13.6. The molecular weight excluding hydrogens is 352 g/mol. The molecule has 1 saturated heterocycles. The summed E-state index contributed by atoms with van der Waals surface area (Å²) in [5.74, 6) is -0.103. The quantitative estimate of drug-likeness (QED) is 0.891. The van der Waals surface area contributed by atoms with Crippen molar-refractivity contribution in [2.45, 2.75) is 38.7 Å². The summed E-state index contributed by atoms with van der Waals surface area (Å²) >= 11 is 0. The summed E-state index contributed by atoms with van der Waals surface area (Å²) in [5, 5.41) is 2.94. The highest BCUT2D eigenvalue weighted by Gasteiger charge is 2.25. The second kappa shape index (κ2) is 8.15. The lowest BCUT2D eigenvalue weighted by molar-refractivity contribution is -0.124. The number of amides is 2. The van der Waals surface area contributed by atoms with Crippen molar-refractivity contribution in [3.63, 3.8) is 0 Å². The van der Waals surface area contributed by atoms with Gasteiger partial charge in [-0.1, -0.05) is 30.3 Å². The van der Waals surface area contributed by atoms with Gasteiger partial charge in [0.15, 0.2) is 0 Å². The molecular formula is C23H26N2O3. The molecule has 2 aromatic rings. The molecule has 0 spiro atoms. The molecule has 0 radical (unpaired) electrons. The second-order valence-corrected chi connectivity index (χ2v) is 7.53. The highest BCUT2D eigenvalue weighted by molar-refractivity contribution is 6.00. The van der Waals surface area contributed by atoms with Crippen LogP contribution in [0.4, 0.5) is 5.69 Å². The number of benzene rings is 2. The molecule has 1 N–H and O–H groups in total. The van der Waals surface area contributed by atoms with Gasteiger partial charge in [0, 0.05) is 30.9 Å². The summed E-state index contributed by atoms with van der Waals surface area (Å²) in [5.41, 5.74) is 4.79. The van der Waals surface area contributed by atoms with Gasteiger partial charge in [0.05, 0.1) is 0 Å². The first kappa shape index (κ1) is 18.7. The molecule has 2 aliphatic rings. The summed E-state index contributed by atoms with van der Waals surface area (Å²) in [7, 11) is 0. The minimum atomic E-state index is -0.386. The van der Waals surface area contributed by atoms with Gasteiger partial charge in [0.2, 0.25) is 0 Å². The van der Waals surface area contributed by atoms with Gasteiger partial charge >= 0.3 is 0 Å². The third-order valence-corrected chi connectivity index (χ3v) is 5.75. The highest BCUT2D eigenvalue weighted by atomic mass is 16.5. The Morgan fingerprint density at radius 3 is 2.39 bits per heavy atom. The number of anilines is 1. The molecule has 146 valence electrons. The smallest absolute Gasteiger partial charge is 0.254 e. The van der Waals surface area contributed by atoms with E-state index >= 15 is 0 Å². The van der Waals surface area contributed by atoms with Gasteiger partial charge in [-0.25, -0.2) is 0 Å². The van der Waals surface area contributed by atoms with E-state index < -0.39 is 0 Å². The van der Waals surface area contributed by atoms with Crippen molar-refractivity contribution >= 4 is 17.5 Å². The van der Waals surface area contributed by atoms with E-state index in [2.05, 4.69) is 29.6 Å². The predicted octanol–water partition coefficient (Wildman–Crippen LogP) is 3.35. The van der Waals surface area contributed by atoms with Crippen LogP contribution in [0.1, 0.15) is 39.9 Å². The lowest BCUT2D eigenvalue weighted by atomic mass is 10.0. The maximum absolute atomic E-state index is 13.2. The van der Waals surface area contributed by atoms with Crippen LogP contribution in [0.15, 0.2) is 42.5 Å². The Hall–Kier alpha value is -2.66. The molecule has 2 amide bonds. The number of carbonyl (C=O) groups excluding carboxylic acids is 2. The molecule has 0 aromatic heterocycles. The molecule has 28 heavy (non-hydrogen) atoms. The monoisotopic (exact) mass is 378 g/mol. The third-order valence-electron chi connectivity index (χ3n) is 5.75. The third kappa shape index (κ3) is 3.80. The first-order valence-corrected chi connectivity index (χ1v) is 10.0. The fourth-order valence-electron chi connectivity index (χ4n) is 4.04. The Kier molecular flexibility index (Phi) is 5.44. The van der Waals surface area contributed by atoms with Crippen LogP contribution in [0, 0.1) is 6.92 Å². The van der Waals surface area contributed by atoms with E-state index in [-0.39, 0.29) is 17.9 Å². The van der Waals surface area contributed by atoms with Crippen LogP contribution in [0.2, 0.25) is 0 Å². The Balaban J connectivity index is 1.49. The van der Waals surface area contributed by atoms with Crippen molar-refractivity contribution in [2.24, 2.45) is 0 Å². The van der Waals surface area contributed by atoms with Gasteiger partial charge in [-0.05, 0) is 61.4 Å². The predicted molar refractivity (Wildman–Crippen MR) is 109 cm³/mol. The van der Waals surface area contributed by atoms with Gasteiger partial charge in [-0.3, -0.25) is 9.59 Å². The number of ether oxygens (including phenoxy) is 1. The van der Waals surface area contributed by atoms with E-state index in [0.717, 1.165) is 31.2 Å². The van der Waals surface area contributed by atoms with Crippen molar-refractivity contribution in [1.29, 1.82) is 0 Å². The average Bonchev–Trinajstić information content (AvgIpc) is 3.16. The van der Waals surface area contributed by atoms with Crippen molar-refractivity contribution in [2.75, 3.05) is 25.0 Å². The fourth-order valence-corrected chi connectivity index (χ4v) is 4.04. The van der Waals surface area contributed by atoms with Crippen LogP contribution in [0.3, 0.4) is 0 Å². The molecule has 0 bridgehead atoms. The number of hydrogen-bond donors (Lipinski definition) is 1. The normalized spacial score (nSPS) is 19.0. The lowest BCUT2D eigenvalue weighted by Gasteiger charge is -2.22. The Morgan fingerprint density at radius 2 is 1.75 bits per heavy atom. The second-order valence-electron chi connectivity index (χ2n) is 7.53. The molecule has 5 heteroatoms. The average molecular weight is 378 g/mol. The number of rotatable bonds is 3. The van der Waals surface area contributed by atoms with Crippen LogP contribution >= 0.6 is 0 Å². The molecule has 4 rings (SSSR count). The van der Waals surface area contributed by atoms with Crippen molar-refractivity contribution < 1.29 is 14.3 Å². The number of nitrogens with one attached hydrogen (secondary N) is 1. The minimum Gasteiger partial charge on any atom is -0.368 e. The van der Waals surface area contributed by atoms with Gasteiger partial charge in [-0.15, -0.1) is 0 Å². The number of carbonyl (C=O) groups is 2. The minimum absolute atomic E-state index is 0.0264. The van der Waals surface area contributed by atoms with E-state index in [4.69, 9.17) is 4.74 Å². The van der Waals surface area contributed by atoms with Gasteiger partial charge in [0.1, 0.15) is 6.10 Å². The van der Waals surface area contributed by atoms with Gasteiger partial charge in [0.25, 0.3) is 11.8 Å². The number of hydrogen-bond acceptors (Lipinski definition) is 3. The molecule has 0 saturated carbocycles. The summed E-state index contributed by atoms with van der Waals surface area (Å²) < 4.78 is 5.46. The molecule has 2 aromatic carbocycles. The SMILES string of the molecule is Cc1c(NC(=O)C2CCCO2)cccc1C(=O)N1CCc2ccccc2CC1. The van der Waals surface area contributed by atoms with Gasteiger partial charge in [-0.2, -0.15) is 0 Å². The standard InChI is InChI=1S/C23H26N2O3/c1-16-19(8-4-9-20(16)24-22(26)21-10-5-15-28-21)23(27)25-13-11-17-6-2-3-7-18(17)12-14-25/h2-4,6-9,21H,5,10-15H2,1H3,(H,24,26). The van der Waals surface area contributed by atoms with Crippen molar-refractivity contribution in [3.05, 3.63) is 64.7 Å².